The summed E-state index contributed by atoms with van der Waals surface area (Å²) >= 11 is 0. The zero-order valence-electron chi connectivity index (χ0n) is 21.7. The molecule has 5 aliphatic heterocycles. The van der Waals surface area contributed by atoms with Gasteiger partial charge in [-0.2, -0.15) is 0 Å². The lowest BCUT2D eigenvalue weighted by Crippen LogP contribution is -2.56. The second-order valence-corrected chi connectivity index (χ2v) is 11.4. The largest absolute Gasteiger partial charge is 0.353 e. The molecule has 9 heteroatoms. The Kier molecular flexibility index (Phi) is 8.60. The molecule has 0 aromatic heterocycles. The first kappa shape index (κ1) is 25.4. The van der Waals surface area contributed by atoms with E-state index < -0.39 is 0 Å². The maximum atomic E-state index is 13.1. The third-order valence-corrected chi connectivity index (χ3v) is 9.30. The smallest absolute Gasteiger partial charge is 0.239 e. The van der Waals surface area contributed by atoms with Crippen LogP contribution in [0.1, 0.15) is 57.8 Å². The van der Waals surface area contributed by atoms with Crippen molar-refractivity contribution in [2.45, 2.75) is 88.1 Å². The van der Waals surface area contributed by atoms with Crippen molar-refractivity contribution in [3.8, 4) is 0 Å². The van der Waals surface area contributed by atoms with E-state index in [-0.39, 0.29) is 29.9 Å². The number of amides is 2. The molecule has 5 unspecified atom stereocenters. The number of piperidine rings is 2. The molecule has 0 aromatic carbocycles. The third-order valence-electron chi connectivity index (χ3n) is 9.30. The van der Waals surface area contributed by atoms with Crippen LogP contribution in [-0.4, -0.2) is 128 Å². The summed E-state index contributed by atoms with van der Waals surface area (Å²) in [6.45, 7) is 8.42. The highest BCUT2D eigenvalue weighted by Crippen LogP contribution is 2.28. The van der Waals surface area contributed by atoms with Gasteiger partial charge in [0.1, 0.15) is 6.04 Å². The Morgan fingerprint density at radius 1 is 0.943 bits per heavy atom. The number of piperazine rings is 1. The summed E-state index contributed by atoms with van der Waals surface area (Å²) in [5, 5.41) is 10.5. The van der Waals surface area contributed by atoms with Gasteiger partial charge in [0.25, 0.3) is 0 Å². The number of hydrogen-bond acceptors (Lipinski definition) is 7. The minimum Gasteiger partial charge on any atom is -0.353 e. The van der Waals surface area contributed by atoms with Gasteiger partial charge in [-0.3, -0.25) is 24.3 Å². The summed E-state index contributed by atoms with van der Waals surface area (Å²) in [6.07, 6.45) is 10.5. The van der Waals surface area contributed by atoms with Crippen LogP contribution in [0.5, 0.6) is 0 Å². The topological polar surface area (TPSA) is 83.2 Å². The molecule has 0 aliphatic carbocycles. The predicted octanol–water partition coefficient (Wildman–Crippen LogP) is 0.0256. The monoisotopic (exact) mass is 489 g/mol. The van der Waals surface area contributed by atoms with Crippen molar-refractivity contribution in [1.29, 1.82) is 0 Å². The van der Waals surface area contributed by atoms with E-state index in [0.717, 1.165) is 65.2 Å². The zero-order chi connectivity index (χ0) is 24.2. The number of rotatable bonds is 6. The number of nitrogens with zero attached hydrogens (tertiary/aromatic N) is 4. The molecule has 0 bridgehead atoms. The molecule has 0 radical (unpaired) electrons. The predicted molar refractivity (Wildman–Crippen MR) is 137 cm³/mol. The van der Waals surface area contributed by atoms with Gasteiger partial charge in [-0.05, 0) is 65.1 Å². The van der Waals surface area contributed by atoms with Crippen LogP contribution in [-0.2, 0) is 9.59 Å². The van der Waals surface area contributed by atoms with Crippen LogP contribution >= 0.6 is 0 Å². The van der Waals surface area contributed by atoms with E-state index in [2.05, 4.69) is 42.6 Å². The van der Waals surface area contributed by atoms with Gasteiger partial charge in [-0.1, -0.05) is 6.42 Å². The number of carbonyl (C=O) groups is 2. The number of likely N-dealkylation sites (N-methyl/N-ethyl adjacent to an activating group) is 1. The summed E-state index contributed by atoms with van der Waals surface area (Å²) < 4.78 is 0. The number of nitrogens with one attached hydrogen (secondary N) is 3. The lowest BCUT2D eigenvalue weighted by atomic mass is 10.0. The van der Waals surface area contributed by atoms with E-state index in [1.807, 2.05) is 0 Å². The Bertz CT molecular complexity index is 716. The van der Waals surface area contributed by atoms with Gasteiger partial charge in [-0.25, -0.2) is 0 Å². The van der Waals surface area contributed by atoms with Crippen molar-refractivity contribution >= 4 is 11.8 Å². The molecule has 9 nitrogen and oxygen atoms in total. The van der Waals surface area contributed by atoms with Gasteiger partial charge in [0, 0.05) is 70.4 Å². The molecular formula is C26H47N7O2. The molecule has 5 rings (SSSR count). The average Bonchev–Trinajstić information content (AvgIpc) is 3.27. The van der Waals surface area contributed by atoms with Gasteiger partial charge < -0.3 is 20.9 Å². The van der Waals surface area contributed by atoms with Gasteiger partial charge in [0.05, 0.1) is 6.17 Å². The average molecular weight is 490 g/mol. The molecule has 5 atom stereocenters. The van der Waals surface area contributed by atoms with Crippen molar-refractivity contribution in [3.63, 3.8) is 0 Å². The molecule has 0 spiro atoms. The summed E-state index contributed by atoms with van der Waals surface area (Å²) in [4.78, 5) is 35.6. The number of fused-ring (bicyclic) bond motifs is 1. The molecule has 35 heavy (non-hydrogen) atoms. The maximum absolute atomic E-state index is 13.1. The number of likely N-dealkylation sites (tertiary alicyclic amines) is 1. The lowest BCUT2D eigenvalue weighted by molar-refractivity contribution is -0.134. The third kappa shape index (κ3) is 6.01. The molecule has 5 aliphatic rings. The Morgan fingerprint density at radius 3 is 2.43 bits per heavy atom. The maximum Gasteiger partial charge on any atom is 0.239 e. The summed E-state index contributed by atoms with van der Waals surface area (Å²) in [5.74, 6) is 0.453. The molecular weight excluding hydrogens is 442 g/mol. The second kappa shape index (κ2) is 11.9. The normalized spacial score (nSPS) is 36.0. The zero-order valence-corrected chi connectivity index (χ0v) is 21.7. The van der Waals surface area contributed by atoms with Crippen LogP contribution in [0, 0.1) is 0 Å². The van der Waals surface area contributed by atoms with Crippen molar-refractivity contribution in [2.75, 3.05) is 66.0 Å². The van der Waals surface area contributed by atoms with E-state index in [1.54, 1.807) is 0 Å². The van der Waals surface area contributed by atoms with E-state index in [0.29, 0.717) is 25.2 Å². The van der Waals surface area contributed by atoms with Crippen LogP contribution < -0.4 is 16.0 Å². The Hall–Kier alpha value is -1.26. The van der Waals surface area contributed by atoms with Crippen LogP contribution in [0.3, 0.4) is 0 Å². The SMILES string of the molecule is CN1C(CCC(=O)N2CCN(C3CCCCN3)CC2)CNC(=O)C2C1CCN2CC1CCCCN1. The summed E-state index contributed by atoms with van der Waals surface area (Å²) in [5.41, 5.74) is 0. The molecule has 5 fully saturated rings. The molecule has 0 aromatic rings. The van der Waals surface area contributed by atoms with Gasteiger partial charge in [0.15, 0.2) is 0 Å². The molecule has 198 valence electrons. The Labute approximate surface area is 211 Å². The van der Waals surface area contributed by atoms with E-state index in [1.165, 1.54) is 38.5 Å². The van der Waals surface area contributed by atoms with Crippen LogP contribution in [0.25, 0.3) is 0 Å². The second-order valence-electron chi connectivity index (χ2n) is 11.4. The van der Waals surface area contributed by atoms with Crippen LogP contribution in [0.15, 0.2) is 0 Å². The lowest BCUT2D eigenvalue weighted by Gasteiger charge is -2.41. The molecule has 3 N–H and O–H groups in total. The van der Waals surface area contributed by atoms with Crippen molar-refractivity contribution in [2.24, 2.45) is 0 Å². The highest BCUT2D eigenvalue weighted by atomic mass is 16.2. The first-order chi connectivity index (χ1) is 17.1. The van der Waals surface area contributed by atoms with Crippen molar-refractivity contribution in [1.82, 2.24) is 35.6 Å². The Morgan fingerprint density at radius 2 is 1.71 bits per heavy atom. The molecule has 0 saturated carbocycles. The minimum absolute atomic E-state index is 0.0640. The number of hydrogen-bond donors (Lipinski definition) is 3. The number of carbonyl (C=O) groups excluding carboxylic acids is 2. The van der Waals surface area contributed by atoms with Gasteiger partial charge >= 0.3 is 0 Å². The quantitative estimate of drug-likeness (QED) is 0.485. The van der Waals surface area contributed by atoms with Crippen molar-refractivity contribution < 1.29 is 9.59 Å². The molecule has 5 saturated heterocycles. The van der Waals surface area contributed by atoms with Crippen LogP contribution in [0.4, 0.5) is 0 Å². The standard InChI is InChI=1S/C26H47N7O2/c1-30-21(8-9-24(34)32-16-14-31(15-17-32)23-7-3-5-12-28-23)18-29-26(35)25-22(30)10-13-33(25)19-20-6-2-4-11-27-20/h20-23,25,27-28H,2-19H2,1H3,(H,29,35). The fraction of sp³-hybridized carbons (Fsp3) is 0.923. The van der Waals surface area contributed by atoms with E-state index in [4.69, 9.17) is 0 Å². The van der Waals surface area contributed by atoms with Gasteiger partial charge in [-0.15, -0.1) is 0 Å². The molecule has 2 amide bonds. The highest BCUT2D eigenvalue weighted by molar-refractivity contribution is 5.83. The first-order valence-corrected chi connectivity index (χ1v) is 14.3. The van der Waals surface area contributed by atoms with Crippen LogP contribution in [0.2, 0.25) is 0 Å². The van der Waals surface area contributed by atoms with Crippen molar-refractivity contribution in [3.05, 3.63) is 0 Å². The fourth-order valence-corrected chi connectivity index (χ4v) is 7.09. The van der Waals surface area contributed by atoms with E-state index >= 15 is 0 Å². The summed E-state index contributed by atoms with van der Waals surface area (Å²) in [7, 11) is 2.17. The first-order valence-electron chi connectivity index (χ1n) is 14.3. The Balaban J connectivity index is 1.10. The minimum atomic E-state index is -0.0640. The van der Waals surface area contributed by atoms with Gasteiger partial charge in [0.2, 0.25) is 11.8 Å². The molecule has 5 heterocycles. The summed E-state index contributed by atoms with van der Waals surface area (Å²) in [6, 6.07) is 0.906. The fourth-order valence-electron chi connectivity index (χ4n) is 7.09. The highest BCUT2D eigenvalue weighted by Gasteiger charge is 2.45. The van der Waals surface area contributed by atoms with E-state index in [9.17, 15) is 9.59 Å².